The van der Waals surface area contributed by atoms with E-state index in [2.05, 4.69) is 5.32 Å². The Morgan fingerprint density at radius 2 is 1.88 bits per heavy atom. The molecule has 24 heavy (non-hydrogen) atoms. The molecule has 0 aromatic heterocycles. The molecule has 0 radical (unpaired) electrons. The molecule has 0 aliphatic carbocycles. The summed E-state index contributed by atoms with van der Waals surface area (Å²) in [5.74, 6) is -0.289. The summed E-state index contributed by atoms with van der Waals surface area (Å²) < 4.78 is 10.9. The number of carbonyl (C=O) groups excluding carboxylic acids is 1. The Labute approximate surface area is 143 Å². The summed E-state index contributed by atoms with van der Waals surface area (Å²) in [4.78, 5) is 23.7. The quantitative estimate of drug-likeness (QED) is 0.723. The molecule has 0 aliphatic heterocycles. The molecule has 0 unspecified atom stereocenters. The zero-order chi connectivity index (χ0) is 18.3. The lowest BCUT2D eigenvalue weighted by molar-refractivity contribution is -0.140. The van der Waals surface area contributed by atoms with Gasteiger partial charge in [-0.05, 0) is 30.0 Å². The van der Waals surface area contributed by atoms with Gasteiger partial charge in [0.05, 0.1) is 13.7 Å². The first-order chi connectivity index (χ1) is 11.3. The first-order valence-corrected chi connectivity index (χ1v) is 8.14. The van der Waals surface area contributed by atoms with Crippen LogP contribution in [0.3, 0.4) is 0 Å². The van der Waals surface area contributed by atoms with Gasteiger partial charge in [-0.15, -0.1) is 0 Å². The average Bonchev–Trinajstić information content (AvgIpc) is 2.56. The third-order valence-corrected chi connectivity index (χ3v) is 3.76. The monoisotopic (exact) mass is 337 g/mol. The highest BCUT2D eigenvalue weighted by molar-refractivity contribution is 5.97. The number of hydrogen-bond acceptors (Lipinski definition) is 4. The second kappa shape index (κ2) is 9.15. The highest BCUT2D eigenvalue weighted by Gasteiger charge is 2.26. The van der Waals surface area contributed by atoms with Gasteiger partial charge in [0.2, 0.25) is 0 Å². The number of rotatable bonds is 9. The Balaban J connectivity index is 2.92. The van der Waals surface area contributed by atoms with Gasteiger partial charge in [-0.25, -0.2) is 4.79 Å². The summed E-state index contributed by atoms with van der Waals surface area (Å²) in [6.07, 6.45) is 0.655. The van der Waals surface area contributed by atoms with Crippen molar-refractivity contribution >= 4 is 11.9 Å². The van der Waals surface area contributed by atoms with Crippen LogP contribution in [0.2, 0.25) is 0 Å². The normalized spacial score (nSPS) is 13.2. The van der Waals surface area contributed by atoms with Gasteiger partial charge < -0.3 is 19.9 Å². The molecule has 0 saturated heterocycles. The smallest absolute Gasteiger partial charge is 0.326 e. The minimum absolute atomic E-state index is 0.165. The molecule has 1 aromatic rings. The number of ether oxygens (including phenoxy) is 2. The third kappa shape index (κ3) is 5.44. The second-order valence-electron chi connectivity index (χ2n) is 6.25. The van der Waals surface area contributed by atoms with Gasteiger partial charge in [-0.3, -0.25) is 4.79 Å². The Kier molecular flexibility index (Phi) is 7.55. The Hall–Kier alpha value is -2.24. The molecule has 1 rings (SSSR count). The fourth-order valence-corrected chi connectivity index (χ4v) is 2.09. The molecule has 0 heterocycles. The molecule has 134 valence electrons. The number of carboxylic acids is 1. The lowest BCUT2D eigenvalue weighted by atomic mass is 9.99. The summed E-state index contributed by atoms with van der Waals surface area (Å²) in [7, 11) is 1.50. The molecular weight excluding hydrogens is 310 g/mol. The second-order valence-corrected chi connectivity index (χ2v) is 6.25. The fraction of sp³-hybridized carbons (Fsp3) is 0.556. The number of hydrogen-bond donors (Lipinski definition) is 2. The zero-order valence-electron chi connectivity index (χ0n) is 15.0. The van der Waals surface area contributed by atoms with E-state index >= 15 is 0 Å². The van der Waals surface area contributed by atoms with Crippen LogP contribution in [0.4, 0.5) is 0 Å². The van der Waals surface area contributed by atoms with Crippen LogP contribution in [0, 0.1) is 11.8 Å². The highest BCUT2D eigenvalue weighted by Crippen LogP contribution is 2.28. The van der Waals surface area contributed by atoms with Gasteiger partial charge in [0.15, 0.2) is 11.5 Å². The Bertz CT molecular complexity index is 571. The van der Waals surface area contributed by atoms with Crippen LogP contribution in [0.15, 0.2) is 18.2 Å². The number of amides is 1. The van der Waals surface area contributed by atoms with Crippen molar-refractivity contribution in [2.24, 2.45) is 11.8 Å². The van der Waals surface area contributed by atoms with Gasteiger partial charge >= 0.3 is 5.97 Å². The van der Waals surface area contributed by atoms with E-state index in [0.29, 0.717) is 36.0 Å². The predicted molar refractivity (Wildman–Crippen MR) is 91.7 cm³/mol. The van der Waals surface area contributed by atoms with Crippen LogP contribution in [0.25, 0.3) is 0 Å². The maximum atomic E-state index is 12.4. The molecule has 0 saturated carbocycles. The van der Waals surface area contributed by atoms with Crippen LogP contribution >= 0.6 is 0 Å². The SMILES string of the molecule is CC[C@H](C)[C@H](NC(=O)c1ccc(OCC(C)C)c(OC)c1)C(=O)O. The topological polar surface area (TPSA) is 84.9 Å². The third-order valence-electron chi connectivity index (χ3n) is 3.76. The van der Waals surface area contributed by atoms with E-state index < -0.39 is 17.9 Å². The summed E-state index contributed by atoms with van der Waals surface area (Å²) in [6.45, 7) is 8.29. The summed E-state index contributed by atoms with van der Waals surface area (Å²) in [6, 6.07) is 3.89. The van der Waals surface area contributed by atoms with Crippen molar-refractivity contribution < 1.29 is 24.2 Å². The van der Waals surface area contributed by atoms with Gasteiger partial charge in [0.1, 0.15) is 6.04 Å². The molecule has 6 nitrogen and oxygen atoms in total. The van der Waals surface area contributed by atoms with Crippen LogP contribution in [0.1, 0.15) is 44.5 Å². The number of carboxylic acid groups (broad SMARTS) is 1. The lowest BCUT2D eigenvalue weighted by Gasteiger charge is -2.20. The van der Waals surface area contributed by atoms with Crippen LogP contribution in [-0.2, 0) is 4.79 Å². The van der Waals surface area contributed by atoms with E-state index in [4.69, 9.17) is 9.47 Å². The molecule has 1 amide bonds. The molecule has 0 fully saturated rings. The maximum absolute atomic E-state index is 12.4. The van der Waals surface area contributed by atoms with E-state index in [1.165, 1.54) is 7.11 Å². The van der Waals surface area contributed by atoms with Crippen molar-refractivity contribution in [1.82, 2.24) is 5.32 Å². The maximum Gasteiger partial charge on any atom is 0.326 e. The average molecular weight is 337 g/mol. The van der Waals surface area contributed by atoms with Crippen LogP contribution in [-0.4, -0.2) is 36.7 Å². The van der Waals surface area contributed by atoms with E-state index in [1.54, 1.807) is 25.1 Å². The van der Waals surface area contributed by atoms with Gasteiger partial charge in [0.25, 0.3) is 5.91 Å². The number of methoxy groups -OCH3 is 1. The van der Waals surface area contributed by atoms with Crippen LogP contribution < -0.4 is 14.8 Å². The number of aliphatic carboxylic acids is 1. The predicted octanol–water partition coefficient (Wildman–Crippen LogP) is 2.96. The molecule has 2 N–H and O–H groups in total. The fourth-order valence-electron chi connectivity index (χ4n) is 2.09. The Morgan fingerprint density at radius 1 is 1.21 bits per heavy atom. The first-order valence-electron chi connectivity index (χ1n) is 8.14. The van der Waals surface area contributed by atoms with E-state index in [1.807, 2.05) is 20.8 Å². The first kappa shape index (κ1) is 19.8. The molecule has 1 aromatic carbocycles. The summed E-state index contributed by atoms with van der Waals surface area (Å²) in [5, 5.41) is 11.8. The van der Waals surface area contributed by atoms with E-state index in [-0.39, 0.29) is 5.92 Å². The standard InChI is InChI=1S/C18H27NO5/c1-6-12(4)16(18(21)22)19-17(20)13-7-8-14(15(9-13)23-5)24-10-11(2)3/h7-9,11-12,16H,6,10H2,1-5H3,(H,19,20)(H,21,22)/t12-,16-/m0/s1. The number of nitrogens with one attached hydrogen (secondary N) is 1. The Morgan fingerprint density at radius 3 is 2.38 bits per heavy atom. The molecular formula is C18H27NO5. The molecule has 0 spiro atoms. The highest BCUT2D eigenvalue weighted by atomic mass is 16.5. The van der Waals surface area contributed by atoms with Crippen molar-refractivity contribution in [3.63, 3.8) is 0 Å². The van der Waals surface area contributed by atoms with Crippen molar-refractivity contribution in [1.29, 1.82) is 0 Å². The largest absolute Gasteiger partial charge is 0.493 e. The van der Waals surface area contributed by atoms with Crippen molar-refractivity contribution in [3.8, 4) is 11.5 Å². The summed E-state index contributed by atoms with van der Waals surface area (Å²) in [5.41, 5.74) is 0.332. The van der Waals surface area contributed by atoms with Crippen molar-refractivity contribution in [3.05, 3.63) is 23.8 Å². The lowest BCUT2D eigenvalue weighted by Crippen LogP contribution is -2.45. The van der Waals surface area contributed by atoms with Crippen molar-refractivity contribution in [2.75, 3.05) is 13.7 Å². The minimum atomic E-state index is -1.04. The number of carbonyl (C=O) groups is 2. The number of benzene rings is 1. The molecule has 2 atom stereocenters. The van der Waals surface area contributed by atoms with E-state index in [0.717, 1.165) is 0 Å². The van der Waals surface area contributed by atoms with Gasteiger partial charge in [0, 0.05) is 5.56 Å². The molecule has 6 heteroatoms. The zero-order valence-corrected chi connectivity index (χ0v) is 15.0. The van der Waals surface area contributed by atoms with Gasteiger partial charge in [-0.1, -0.05) is 34.1 Å². The minimum Gasteiger partial charge on any atom is -0.493 e. The van der Waals surface area contributed by atoms with E-state index in [9.17, 15) is 14.7 Å². The van der Waals surface area contributed by atoms with Crippen LogP contribution in [0.5, 0.6) is 11.5 Å². The van der Waals surface area contributed by atoms with Crippen molar-refractivity contribution in [2.45, 2.75) is 40.2 Å². The molecule has 0 bridgehead atoms. The van der Waals surface area contributed by atoms with Gasteiger partial charge in [-0.2, -0.15) is 0 Å². The summed E-state index contributed by atoms with van der Waals surface area (Å²) >= 11 is 0. The molecule has 0 aliphatic rings.